The first-order valence-electron chi connectivity index (χ1n) is 11.6. The standard InChI is InChI=1S/C22H33F3N2O10/c1-12(28)27-17-19(36-15(4)31)18(35-14(3)30)16(11-34-13(2)29)37-20(17)33-10-8-6-5-7-9-26-21(32)22(23,24)25/h16-20H,5-11H2,1-4H3,(H,26,32)(H,27,28). The Balaban J connectivity index is 2.82. The first kappa shape index (κ1) is 32.1. The molecule has 5 unspecified atom stereocenters. The van der Waals surface area contributed by atoms with E-state index in [0.29, 0.717) is 25.7 Å². The molecule has 0 saturated carbocycles. The van der Waals surface area contributed by atoms with E-state index in [-0.39, 0.29) is 19.8 Å². The smallest absolute Gasteiger partial charge is 0.463 e. The van der Waals surface area contributed by atoms with Crippen LogP contribution >= 0.6 is 0 Å². The number of nitrogens with one attached hydrogen (secondary N) is 2. The number of esters is 3. The van der Waals surface area contributed by atoms with E-state index >= 15 is 0 Å². The molecule has 1 aliphatic heterocycles. The van der Waals surface area contributed by atoms with Crippen molar-refractivity contribution in [3.05, 3.63) is 0 Å². The van der Waals surface area contributed by atoms with Crippen molar-refractivity contribution in [3.63, 3.8) is 0 Å². The molecule has 0 spiro atoms. The van der Waals surface area contributed by atoms with E-state index in [1.165, 1.54) is 6.92 Å². The first-order valence-corrected chi connectivity index (χ1v) is 11.6. The number of alkyl halides is 3. The van der Waals surface area contributed by atoms with Crippen molar-refractivity contribution >= 4 is 29.7 Å². The van der Waals surface area contributed by atoms with Gasteiger partial charge in [-0.05, 0) is 12.8 Å². The highest BCUT2D eigenvalue weighted by Gasteiger charge is 2.51. The van der Waals surface area contributed by atoms with Crippen LogP contribution in [0.1, 0.15) is 53.4 Å². The molecule has 5 atom stereocenters. The summed E-state index contributed by atoms with van der Waals surface area (Å²) in [6, 6.07) is -1.09. The maximum Gasteiger partial charge on any atom is 0.471 e. The Kier molecular flexibility index (Phi) is 13.3. The average Bonchev–Trinajstić information content (AvgIpc) is 2.76. The SMILES string of the molecule is CC(=O)NC1C(OCCCCCCNC(=O)C(F)(F)F)OC(COC(C)=O)C(OC(C)=O)C1OC(C)=O. The number of halogens is 3. The highest BCUT2D eigenvalue weighted by Crippen LogP contribution is 2.28. The van der Waals surface area contributed by atoms with Crippen LogP contribution < -0.4 is 10.6 Å². The molecule has 212 valence electrons. The topological polar surface area (TPSA) is 156 Å². The number of rotatable bonds is 13. The maximum absolute atomic E-state index is 12.2. The van der Waals surface area contributed by atoms with Gasteiger partial charge in [-0.2, -0.15) is 13.2 Å². The van der Waals surface area contributed by atoms with Crippen LogP contribution in [0.2, 0.25) is 0 Å². The molecule has 15 heteroatoms. The van der Waals surface area contributed by atoms with Gasteiger partial charge >= 0.3 is 30.0 Å². The van der Waals surface area contributed by atoms with Gasteiger partial charge < -0.3 is 34.3 Å². The quantitative estimate of drug-likeness (QED) is 0.195. The van der Waals surface area contributed by atoms with E-state index in [1.54, 1.807) is 5.32 Å². The number of hydrogen-bond acceptors (Lipinski definition) is 10. The molecule has 1 saturated heterocycles. The molecule has 12 nitrogen and oxygen atoms in total. The van der Waals surface area contributed by atoms with E-state index in [2.05, 4.69) is 5.32 Å². The Hall–Kier alpha value is -2.94. The first-order chi connectivity index (χ1) is 17.2. The number of ether oxygens (including phenoxy) is 5. The van der Waals surface area contributed by atoms with Crippen molar-refractivity contribution in [1.82, 2.24) is 10.6 Å². The van der Waals surface area contributed by atoms with Gasteiger partial charge in [0.1, 0.15) is 18.8 Å². The molecule has 37 heavy (non-hydrogen) atoms. The third-order valence-electron chi connectivity index (χ3n) is 4.97. The number of hydrogen-bond donors (Lipinski definition) is 2. The molecule has 2 amide bonds. The van der Waals surface area contributed by atoms with Gasteiger partial charge in [-0.1, -0.05) is 12.8 Å². The molecule has 1 aliphatic rings. The van der Waals surface area contributed by atoms with Crippen LogP contribution in [-0.2, 0) is 47.7 Å². The summed E-state index contributed by atoms with van der Waals surface area (Å²) in [5.74, 6) is -4.61. The van der Waals surface area contributed by atoms with Gasteiger partial charge in [0.2, 0.25) is 5.91 Å². The lowest BCUT2D eigenvalue weighted by atomic mass is 9.96. The van der Waals surface area contributed by atoms with Crippen molar-refractivity contribution in [2.75, 3.05) is 19.8 Å². The number of carbonyl (C=O) groups excluding carboxylic acids is 5. The van der Waals surface area contributed by atoms with Crippen LogP contribution in [0.15, 0.2) is 0 Å². The van der Waals surface area contributed by atoms with Crippen LogP contribution in [0.5, 0.6) is 0 Å². The van der Waals surface area contributed by atoms with Gasteiger partial charge in [0.25, 0.3) is 0 Å². The molecule has 0 aromatic rings. The second-order valence-electron chi connectivity index (χ2n) is 8.26. The predicted molar refractivity (Wildman–Crippen MR) is 117 cm³/mol. The van der Waals surface area contributed by atoms with Gasteiger partial charge in [-0.15, -0.1) is 0 Å². The van der Waals surface area contributed by atoms with Gasteiger partial charge in [-0.25, -0.2) is 0 Å². The second-order valence-corrected chi connectivity index (χ2v) is 8.26. The summed E-state index contributed by atoms with van der Waals surface area (Å²) < 4.78 is 63.7. The van der Waals surface area contributed by atoms with Crippen molar-refractivity contribution in [2.45, 2.75) is 90.2 Å². The molecule has 0 aromatic carbocycles. The van der Waals surface area contributed by atoms with Crippen LogP contribution in [0.4, 0.5) is 13.2 Å². The average molecular weight is 543 g/mol. The lowest BCUT2D eigenvalue weighted by Crippen LogP contribution is -2.66. The van der Waals surface area contributed by atoms with E-state index < -0.39 is 66.5 Å². The fraction of sp³-hybridized carbons (Fsp3) is 0.773. The van der Waals surface area contributed by atoms with E-state index in [9.17, 15) is 37.1 Å². The largest absolute Gasteiger partial charge is 0.471 e. The van der Waals surface area contributed by atoms with Crippen molar-refractivity contribution in [3.8, 4) is 0 Å². The lowest BCUT2D eigenvalue weighted by molar-refractivity contribution is -0.277. The van der Waals surface area contributed by atoms with E-state index in [4.69, 9.17) is 23.7 Å². The van der Waals surface area contributed by atoms with E-state index in [1.807, 2.05) is 0 Å². The van der Waals surface area contributed by atoms with E-state index in [0.717, 1.165) is 20.8 Å². The molecule has 0 radical (unpaired) electrons. The Morgan fingerprint density at radius 3 is 1.97 bits per heavy atom. The normalized spacial score (nSPS) is 23.5. The monoisotopic (exact) mass is 542 g/mol. The van der Waals surface area contributed by atoms with Gasteiger partial charge in [-0.3, -0.25) is 24.0 Å². The fourth-order valence-corrected chi connectivity index (χ4v) is 3.52. The highest BCUT2D eigenvalue weighted by molar-refractivity contribution is 5.81. The number of unbranched alkanes of at least 4 members (excludes halogenated alkanes) is 3. The van der Waals surface area contributed by atoms with Gasteiger partial charge in [0.15, 0.2) is 18.5 Å². The summed E-state index contributed by atoms with van der Waals surface area (Å²) in [4.78, 5) is 57.5. The summed E-state index contributed by atoms with van der Waals surface area (Å²) in [7, 11) is 0. The summed E-state index contributed by atoms with van der Waals surface area (Å²) in [5, 5.41) is 4.35. The molecule has 0 aliphatic carbocycles. The van der Waals surface area contributed by atoms with Crippen molar-refractivity contribution in [2.24, 2.45) is 0 Å². The van der Waals surface area contributed by atoms with Crippen LogP contribution in [-0.4, -0.2) is 86.3 Å². The second kappa shape index (κ2) is 15.3. The Bertz CT molecular complexity index is 808. The highest BCUT2D eigenvalue weighted by atomic mass is 19.4. The molecular weight excluding hydrogens is 509 g/mol. The van der Waals surface area contributed by atoms with Crippen molar-refractivity contribution < 1.29 is 60.8 Å². The summed E-state index contributed by atoms with van der Waals surface area (Å²) in [6.07, 6.45) is -7.87. The summed E-state index contributed by atoms with van der Waals surface area (Å²) in [6.45, 7) is 4.22. The Morgan fingerprint density at radius 2 is 1.43 bits per heavy atom. The molecule has 1 fully saturated rings. The van der Waals surface area contributed by atoms with Crippen LogP contribution in [0.25, 0.3) is 0 Å². The van der Waals surface area contributed by atoms with Gasteiger partial charge in [0, 0.05) is 40.8 Å². The van der Waals surface area contributed by atoms with Crippen LogP contribution in [0.3, 0.4) is 0 Å². The van der Waals surface area contributed by atoms with Gasteiger partial charge in [0.05, 0.1) is 0 Å². The summed E-state index contributed by atoms with van der Waals surface area (Å²) in [5.41, 5.74) is 0. The minimum absolute atomic E-state index is 0.0843. The Morgan fingerprint density at radius 1 is 0.838 bits per heavy atom. The molecule has 0 aromatic heterocycles. The Labute approximate surface area is 211 Å². The number of amides is 2. The molecule has 1 heterocycles. The zero-order valence-corrected chi connectivity index (χ0v) is 21.1. The fourth-order valence-electron chi connectivity index (χ4n) is 3.52. The molecular formula is C22H33F3N2O10. The predicted octanol–water partition coefficient (Wildman–Crippen LogP) is 0.898. The third-order valence-corrected chi connectivity index (χ3v) is 4.97. The van der Waals surface area contributed by atoms with Crippen molar-refractivity contribution in [1.29, 1.82) is 0 Å². The minimum atomic E-state index is -4.93. The zero-order chi connectivity index (χ0) is 28.2. The molecule has 2 N–H and O–H groups in total. The minimum Gasteiger partial charge on any atom is -0.463 e. The molecule has 1 rings (SSSR count). The molecule has 0 bridgehead atoms. The zero-order valence-electron chi connectivity index (χ0n) is 21.1. The van der Waals surface area contributed by atoms with Crippen LogP contribution in [0, 0.1) is 0 Å². The summed E-state index contributed by atoms with van der Waals surface area (Å²) >= 11 is 0. The third kappa shape index (κ3) is 12.2. The maximum atomic E-state index is 12.2. The lowest BCUT2D eigenvalue weighted by Gasteiger charge is -2.44. The number of carbonyl (C=O) groups is 5.